The lowest BCUT2D eigenvalue weighted by Gasteiger charge is -2.49. The lowest BCUT2D eigenvalue weighted by Crippen LogP contribution is -2.57. The van der Waals surface area contributed by atoms with Gasteiger partial charge in [0, 0.05) is 12.0 Å². The molecule has 3 nitrogen and oxygen atoms in total. The van der Waals surface area contributed by atoms with E-state index in [1.165, 1.54) is 51.4 Å². The van der Waals surface area contributed by atoms with Crippen molar-refractivity contribution in [2.24, 2.45) is 40.3 Å². The van der Waals surface area contributed by atoms with Crippen molar-refractivity contribution in [1.29, 1.82) is 0 Å². The minimum atomic E-state index is 0.495. The number of unbranched alkanes of at least 4 members (excludes halogenated alkanes) is 2. The Hall–Kier alpha value is -0.730. The summed E-state index contributed by atoms with van der Waals surface area (Å²) in [5.41, 5.74) is 6.14. The van der Waals surface area contributed by atoms with Gasteiger partial charge in [0.25, 0.3) is 0 Å². The summed E-state index contributed by atoms with van der Waals surface area (Å²) in [5, 5.41) is 3.48. The van der Waals surface area contributed by atoms with Crippen LogP contribution in [0.4, 0.5) is 0 Å². The van der Waals surface area contributed by atoms with E-state index in [4.69, 9.17) is 10.7 Å². The van der Waals surface area contributed by atoms with E-state index in [0.717, 1.165) is 35.5 Å². The molecule has 7 atom stereocenters. The summed E-state index contributed by atoms with van der Waals surface area (Å²) in [6.07, 6.45) is 10.9. The number of aliphatic imine (C=N–C) groups is 1. The smallest absolute Gasteiger partial charge is 0.189 e. The molecule has 3 N–H and O–H groups in total. The molecule has 2 saturated carbocycles. The van der Waals surface area contributed by atoms with Crippen molar-refractivity contribution in [3.63, 3.8) is 0 Å². The van der Waals surface area contributed by atoms with Crippen LogP contribution < -0.4 is 11.1 Å². The fourth-order valence-electron chi connectivity index (χ4n) is 5.86. The fourth-order valence-corrected chi connectivity index (χ4v) is 5.86. The number of hydrogen-bond donors (Lipinski definition) is 2. The van der Waals surface area contributed by atoms with E-state index in [1.54, 1.807) is 0 Å². The molecule has 1 heterocycles. The van der Waals surface area contributed by atoms with E-state index in [1.807, 2.05) is 0 Å². The van der Waals surface area contributed by atoms with Gasteiger partial charge in [0.1, 0.15) is 0 Å². The van der Waals surface area contributed by atoms with Gasteiger partial charge in [-0.25, -0.2) is 4.99 Å². The number of nitrogens with one attached hydrogen (secondary N) is 1. The van der Waals surface area contributed by atoms with E-state index in [-0.39, 0.29) is 0 Å². The van der Waals surface area contributed by atoms with Gasteiger partial charge in [0.2, 0.25) is 0 Å². The second kappa shape index (κ2) is 6.80. The van der Waals surface area contributed by atoms with E-state index in [2.05, 4.69) is 26.1 Å². The van der Waals surface area contributed by atoms with Crippen molar-refractivity contribution in [2.45, 2.75) is 84.2 Å². The third-order valence-electron chi connectivity index (χ3n) is 6.86. The minimum absolute atomic E-state index is 0.495. The summed E-state index contributed by atoms with van der Waals surface area (Å²) < 4.78 is 0. The first-order valence-corrected chi connectivity index (χ1v) is 9.75. The number of rotatable bonds is 6. The van der Waals surface area contributed by atoms with Crippen molar-refractivity contribution in [3.05, 3.63) is 0 Å². The molecule has 2 fully saturated rings. The Kier molecular flexibility index (Phi) is 4.99. The Morgan fingerprint density at radius 3 is 2.82 bits per heavy atom. The molecule has 3 heteroatoms. The van der Waals surface area contributed by atoms with E-state index in [9.17, 15) is 0 Å². The maximum absolute atomic E-state index is 6.14. The van der Waals surface area contributed by atoms with Gasteiger partial charge >= 0.3 is 0 Å². The van der Waals surface area contributed by atoms with Crippen LogP contribution in [-0.2, 0) is 0 Å². The lowest BCUT2D eigenvalue weighted by atomic mass is 9.60. The first-order chi connectivity index (χ1) is 10.7. The van der Waals surface area contributed by atoms with Crippen LogP contribution >= 0.6 is 0 Å². The van der Waals surface area contributed by atoms with Crippen LogP contribution in [0.2, 0.25) is 0 Å². The molecular weight excluding hydrogens is 270 g/mol. The Balaban J connectivity index is 1.80. The van der Waals surface area contributed by atoms with Gasteiger partial charge in [0.05, 0.1) is 6.04 Å². The van der Waals surface area contributed by atoms with Crippen LogP contribution in [0.1, 0.15) is 72.1 Å². The molecule has 0 spiro atoms. The highest BCUT2D eigenvalue weighted by Gasteiger charge is 2.52. The third kappa shape index (κ3) is 2.88. The molecular formula is C19H35N3. The predicted molar refractivity (Wildman–Crippen MR) is 93.7 cm³/mol. The molecule has 0 saturated heterocycles. The number of hydrogen-bond acceptors (Lipinski definition) is 3. The number of guanidine groups is 1. The molecule has 3 aliphatic rings. The quantitative estimate of drug-likeness (QED) is 0.731. The highest BCUT2D eigenvalue weighted by atomic mass is 15.2. The highest BCUT2D eigenvalue weighted by molar-refractivity contribution is 5.79. The molecule has 0 aromatic rings. The minimum Gasteiger partial charge on any atom is -0.370 e. The summed E-state index contributed by atoms with van der Waals surface area (Å²) in [6.45, 7) is 7.17. The van der Waals surface area contributed by atoms with Crippen LogP contribution in [0.15, 0.2) is 4.99 Å². The standard InChI is InChI=1S/C19H35N3/c1-4-6-7-8-12(3)16-13(5-2)11-14-9-10-15-17(14)18(16)22-19(20)21-15/h12-18H,4-11H2,1-3H3,(H3,20,21,22). The van der Waals surface area contributed by atoms with E-state index in [0.29, 0.717) is 12.1 Å². The number of nitrogens with zero attached hydrogens (tertiary/aromatic N) is 1. The van der Waals surface area contributed by atoms with Gasteiger partial charge in [0.15, 0.2) is 5.96 Å². The van der Waals surface area contributed by atoms with Gasteiger partial charge in [-0.15, -0.1) is 0 Å². The third-order valence-corrected chi connectivity index (χ3v) is 6.86. The summed E-state index contributed by atoms with van der Waals surface area (Å²) in [6, 6.07) is 1.10. The second-order valence-electron chi connectivity index (χ2n) is 8.12. The normalized spacial score (nSPS) is 41.5. The van der Waals surface area contributed by atoms with Gasteiger partial charge in [-0.2, -0.15) is 0 Å². The van der Waals surface area contributed by atoms with Gasteiger partial charge in [-0.1, -0.05) is 52.9 Å². The van der Waals surface area contributed by atoms with Crippen LogP contribution in [-0.4, -0.2) is 18.0 Å². The summed E-state index contributed by atoms with van der Waals surface area (Å²) in [4.78, 5) is 4.96. The maximum atomic E-state index is 6.14. The zero-order chi connectivity index (χ0) is 15.7. The van der Waals surface area contributed by atoms with Crippen molar-refractivity contribution in [2.75, 3.05) is 0 Å². The summed E-state index contributed by atoms with van der Waals surface area (Å²) >= 11 is 0. The van der Waals surface area contributed by atoms with Crippen LogP contribution in [0.3, 0.4) is 0 Å². The Labute approximate surface area is 136 Å². The Morgan fingerprint density at radius 1 is 1.27 bits per heavy atom. The molecule has 0 amide bonds. The molecule has 0 aromatic heterocycles. The molecule has 3 rings (SSSR count). The summed E-state index contributed by atoms with van der Waals surface area (Å²) in [7, 11) is 0. The lowest BCUT2D eigenvalue weighted by molar-refractivity contribution is 0.0484. The molecule has 0 bridgehead atoms. The van der Waals surface area contributed by atoms with Gasteiger partial charge in [-0.3, -0.25) is 0 Å². The van der Waals surface area contributed by atoms with E-state index >= 15 is 0 Å². The van der Waals surface area contributed by atoms with Crippen molar-refractivity contribution in [1.82, 2.24) is 5.32 Å². The molecule has 22 heavy (non-hydrogen) atoms. The number of nitrogens with two attached hydrogens (primary N) is 1. The first kappa shape index (κ1) is 16.1. The average molecular weight is 306 g/mol. The molecule has 7 unspecified atom stereocenters. The van der Waals surface area contributed by atoms with Gasteiger partial charge in [-0.05, 0) is 42.9 Å². The first-order valence-electron chi connectivity index (χ1n) is 9.75. The zero-order valence-electron chi connectivity index (χ0n) is 14.7. The molecule has 0 aromatic carbocycles. The second-order valence-corrected chi connectivity index (χ2v) is 8.12. The molecule has 1 aliphatic heterocycles. The molecule has 2 aliphatic carbocycles. The van der Waals surface area contributed by atoms with Crippen LogP contribution in [0, 0.1) is 29.6 Å². The molecule has 126 valence electrons. The Bertz CT molecular complexity index is 405. The highest BCUT2D eigenvalue weighted by Crippen LogP contribution is 2.52. The fraction of sp³-hybridized carbons (Fsp3) is 0.947. The van der Waals surface area contributed by atoms with Crippen LogP contribution in [0.5, 0.6) is 0 Å². The van der Waals surface area contributed by atoms with Crippen LogP contribution in [0.25, 0.3) is 0 Å². The summed E-state index contributed by atoms with van der Waals surface area (Å²) in [5.74, 6) is 4.77. The monoisotopic (exact) mass is 305 g/mol. The maximum Gasteiger partial charge on any atom is 0.189 e. The van der Waals surface area contributed by atoms with Crippen molar-refractivity contribution >= 4 is 5.96 Å². The Morgan fingerprint density at radius 2 is 2.09 bits per heavy atom. The topological polar surface area (TPSA) is 50.4 Å². The zero-order valence-corrected chi connectivity index (χ0v) is 14.7. The van der Waals surface area contributed by atoms with Gasteiger partial charge < -0.3 is 11.1 Å². The van der Waals surface area contributed by atoms with Crippen molar-refractivity contribution < 1.29 is 0 Å². The molecule has 0 radical (unpaired) electrons. The average Bonchev–Trinajstić information content (AvgIpc) is 2.90. The van der Waals surface area contributed by atoms with E-state index < -0.39 is 0 Å². The SMILES string of the molecule is CCCCCC(C)C1C(CC)CC2CCC3NC(N)=NC1C23. The predicted octanol–water partition coefficient (Wildman–Crippen LogP) is 3.93. The van der Waals surface area contributed by atoms with Crippen molar-refractivity contribution in [3.8, 4) is 0 Å². The largest absolute Gasteiger partial charge is 0.370 e.